The van der Waals surface area contributed by atoms with Crippen LogP contribution in [0.4, 0.5) is 5.88 Å². The van der Waals surface area contributed by atoms with Gasteiger partial charge in [0.2, 0.25) is 5.88 Å². The van der Waals surface area contributed by atoms with Crippen LogP contribution in [0, 0.1) is 11.3 Å². The lowest BCUT2D eigenvalue weighted by Gasteiger charge is -2.09. The van der Waals surface area contributed by atoms with Crippen LogP contribution >= 0.6 is 11.6 Å². The van der Waals surface area contributed by atoms with Gasteiger partial charge in [0.1, 0.15) is 17.4 Å². The monoisotopic (exact) mass is 422 g/mol. The van der Waals surface area contributed by atoms with Crippen LogP contribution in [-0.4, -0.2) is 20.4 Å². The predicted molar refractivity (Wildman–Crippen MR) is 111 cm³/mol. The number of ether oxygens (including phenoxy) is 2. The zero-order valence-corrected chi connectivity index (χ0v) is 16.8. The molecule has 0 saturated carbocycles. The minimum Gasteiger partial charge on any atom is -0.493 e. The number of rotatable bonds is 6. The standard InChI is InChI=1S/C22H15ClN2O5/c1-26-18-9-13(15(23)10-19(18)27-2)12-25-22-14(11-24)20(16-5-3-7-28-16)21(30-22)17-6-4-8-29-17/h3-10,12H,1-2H3. The van der Waals surface area contributed by atoms with Crippen molar-refractivity contribution in [1.82, 2.24) is 0 Å². The molecule has 3 aromatic heterocycles. The van der Waals surface area contributed by atoms with Gasteiger partial charge in [-0.2, -0.15) is 5.26 Å². The van der Waals surface area contributed by atoms with E-state index < -0.39 is 0 Å². The quantitative estimate of drug-likeness (QED) is 0.349. The second kappa shape index (κ2) is 8.23. The molecule has 0 radical (unpaired) electrons. The van der Waals surface area contributed by atoms with Gasteiger partial charge in [-0.1, -0.05) is 11.6 Å². The maximum atomic E-state index is 9.79. The van der Waals surface area contributed by atoms with E-state index in [0.717, 1.165) is 0 Å². The maximum Gasteiger partial charge on any atom is 0.238 e. The number of hydrogen-bond acceptors (Lipinski definition) is 7. The van der Waals surface area contributed by atoms with Gasteiger partial charge < -0.3 is 22.7 Å². The SMILES string of the molecule is COc1cc(Cl)c(C=Nc2oc(-c3ccco3)c(-c3ccco3)c2C#N)cc1OC. The zero-order chi connectivity index (χ0) is 21.1. The Hall–Kier alpha value is -3.89. The Kier molecular flexibility index (Phi) is 5.33. The highest BCUT2D eigenvalue weighted by atomic mass is 35.5. The van der Waals surface area contributed by atoms with E-state index >= 15 is 0 Å². The number of furan rings is 3. The van der Waals surface area contributed by atoms with Crippen molar-refractivity contribution in [2.75, 3.05) is 14.2 Å². The fourth-order valence-electron chi connectivity index (χ4n) is 2.95. The number of benzene rings is 1. The van der Waals surface area contributed by atoms with Crippen LogP contribution in [0.2, 0.25) is 5.02 Å². The Balaban J connectivity index is 1.83. The lowest BCUT2D eigenvalue weighted by molar-refractivity contribution is 0.355. The van der Waals surface area contributed by atoms with Crippen molar-refractivity contribution in [3.63, 3.8) is 0 Å². The first-order valence-corrected chi connectivity index (χ1v) is 9.14. The molecule has 0 aliphatic rings. The van der Waals surface area contributed by atoms with E-state index in [9.17, 15) is 5.26 Å². The van der Waals surface area contributed by atoms with Crippen LogP contribution in [0.1, 0.15) is 11.1 Å². The largest absolute Gasteiger partial charge is 0.493 e. The molecule has 0 unspecified atom stereocenters. The first-order valence-electron chi connectivity index (χ1n) is 8.76. The minimum atomic E-state index is 0.0983. The third-order valence-corrected chi connectivity index (χ3v) is 4.67. The molecule has 4 aromatic rings. The molecule has 0 aliphatic carbocycles. The average Bonchev–Trinajstić information content (AvgIpc) is 3.52. The number of hydrogen-bond donors (Lipinski definition) is 0. The third kappa shape index (κ3) is 3.45. The summed E-state index contributed by atoms with van der Waals surface area (Å²) in [5.74, 6) is 2.35. The Labute approximate surface area is 176 Å². The predicted octanol–water partition coefficient (Wildman–Crippen LogP) is 6.09. The molecule has 0 aliphatic heterocycles. The molecule has 0 atom stereocenters. The van der Waals surface area contributed by atoms with Crippen molar-refractivity contribution in [2.45, 2.75) is 0 Å². The van der Waals surface area contributed by atoms with Crippen molar-refractivity contribution in [2.24, 2.45) is 4.99 Å². The fourth-order valence-corrected chi connectivity index (χ4v) is 3.15. The summed E-state index contributed by atoms with van der Waals surface area (Å²) in [6, 6.07) is 12.4. The van der Waals surface area contributed by atoms with Crippen LogP contribution < -0.4 is 9.47 Å². The van der Waals surface area contributed by atoms with Gasteiger partial charge in [0.05, 0.1) is 37.3 Å². The van der Waals surface area contributed by atoms with Gasteiger partial charge in [0, 0.05) is 17.8 Å². The average molecular weight is 423 g/mol. The van der Waals surface area contributed by atoms with E-state index in [1.165, 1.54) is 33.0 Å². The number of methoxy groups -OCH3 is 2. The third-order valence-electron chi connectivity index (χ3n) is 4.34. The maximum absolute atomic E-state index is 9.79. The summed E-state index contributed by atoms with van der Waals surface area (Å²) in [5.41, 5.74) is 1.24. The molecule has 0 N–H and O–H groups in total. The molecule has 0 fully saturated rings. The summed E-state index contributed by atoms with van der Waals surface area (Å²) in [4.78, 5) is 4.36. The van der Waals surface area contributed by atoms with E-state index in [-0.39, 0.29) is 11.4 Å². The second-order valence-electron chi connectivity index (χ2n) is 6.04. The van der Waals surface area contributed by atoms with Gasteiger partial charge in [0.15, 0.2) is 23.0 Å². The first-order chi connectivity index (χ1) is 14.7. The highest BCUT2D eigenvalue weighted by Gasteiger charge is 2.26. The summed E-state index contributed by atoms with van der Waals surface area (Å²) in [5, 5.41) is 10.2. The molecule has 4 rings (SSSR count). The Morgan fingerprint density at radius 3 is 2.30 bits per heavy atom. The smallest absolute Gasteiger partial charge is 0.238 e. The minimum absolute atomic E-state index is 0.0983. The van der Waals surface area contributed by atoms with Crippen molar-refractivity contribution in [3.8, 4) is 40.4 Å². The molecule has 1 aromatic carbocycles. The van der Waals surface area contributed by atoms with Gasteiger partial charge in [-0.25, -0.2) is 4.99 Å². The van der Waals surface area contributed by atoms with E-state index in [1.807, 2.05) is 0 Å². The Bertz CT molecular complexity index is 1230. The number of halogens is 1. The molecule has 8 heteroatoms. The Morgan fingerprint density at radius 1 is 1.03 bits per heavy atom. The van der Waals surface area contributed by atoms with Crippen LogP contribution in [-0.2, 0) is 0 Å². The molecule has 0 amide bonds. The molecular formula is C22H15ClN2O5. The normalized spacial score (nSPS) is 11.0. The molecule has 7 nitrogen and oxygen atoms in total. The zero-order valence-electron chi connectivity index (χ0n) is 16.0. The van der Waals surface area contributed by atoms with Crippen molar-refractivity contribution >= 4 is 23.7 Å². The van der Waals surface area contributed by atoms with Crippen LogP contribution in [0.15, 0.2) is 67.2 Å². The summed E-state index contributed by atoms with van der Waals surface area (Å²) >= 11 is 6.32. The lowest BCUT2D eigenvalue weighted by atomic mass is 10.1. The van der Waals surface area contributed by atoms with Crippen LogP contribution in [0.5, 0.6) is 11.5 Å². The van der Waals surface area contributed by atoms with Crippen LogP contribution in [0.25, 0.3) is 22.8 Å². The van der Waals surface area contributed by atoms with Gasteiger partial charge in [0.25, 0.3) is 0 Å². The molecule has 30 heavy (non-hydrogen) atoms. The van der Waals surface area contributed by atoms with Gasteiger partial charge in [-0.15, -0.1) is 0 Å². The first kappa shape index (κ1) is 19.4. The van der Waals surface area contributed by atoms with Gasteiger partial charge in [-0.3, -0.25) is 0 Å². The van der Waals surface area contributed by atoms with Crippen molar-refractivity contribution in [3.05, 3.63) is 65.1 Å². The lowest BCUT2D eigenvalue weighted by Crippen LogP contribution is -1.93. The van der Waals surface area contributed by atoms with Crippen LogP contribution in [0.3, 0.4) is 0 Å². The molecule has 150 valence electrons. The highest BCUT2D eigenvalue weighted by molar-refractivity contribution is 6.33. The highest BCUT2D eigenvalue weighted by Crippen LogP contribution is 2.43. The number of nitriles is 1. The molecule has 0 saturated heterocycles. The van der Waals surface area contributed by atoms with E-state index in [2.05, 4.69) is 11.1 Å². The molecule has 0 bridgehead atoms. The molecule has 3 heterocycles. The van der Waals surface area contributed by atoms with Crippen molar-refractivity contribution < 1.29 is 22.7 Å². The molecular weight excluding hydrogens is 408 g/mol. The number of nitrogens with zero attached hydrogens (tertiary/aromatic N) is 2. The van der Waals surface area contributed by atoms with Gasteiger partial charge >= 0.3 is 0 Å². The summed E-state index contributed by atoms with van der Waals surface area (Å²) in [6.07, 6.45) is 4.52. The second-order valence-corrected chi connectivity index (χ2v) is 6.45. The topological polar surface area (TPSA) is 94.0 Å². The summed E-state index contributed by atoms with van der Waals surface area (Å²) in [7, 11) is 3.05. The van der Waals surface area contributed by atoms with E-state index in [4.69, 9.17) is 34.3 Å². The summed E-state index contributed by atoms with van der Waals surface area (Å²) in [6.45, 7) is 0. The number of aliphatic imine (C=N–C) groups is 1. The Morgan fingerprint density at radius 2 is 1.70 bits per heavy atom. The summed E-state index contributed by atoms with van der Waals surface area (Å²) < 4.78 is 27.4. The van der Waals surface area contributed by atoms with Crippen molar-refractivity contribution in [1.29, 1.82) is 5.26 Å². The van der Waals surface area contributed by atoms with Gasteiger partial charge in [-0.05, 0) is 30.3 Å². The van der Waals surface area contributed by atoms with E-state index in [0.29, 0.717) is 44.9 Å². The fraction of sp³-hybridized carbons (Fsp3) is 0.0909. The molecule has 0 spiro atoms. The van der Waals surface area contributed by atoms with E-state index in [1.54, 1.807) is 36.4 Å².